The molecule has 3 aliphatic rings. The van der Waals surface area contributed by atoms with E-state index < -0.39 is 24.2 Å². The van der Waals surface area contributed by atoms with Crippen LogP contribution in [-0.4, -0.2) is 76.1 Å². The molecule has 3 aromatic carbocycles. The van der Waals surface area contributed by atoms with Gasteiger partial charge in [-0.1, -0.05) is 72.8 Å². The van der Waals surface area contributed by atoms with Gasteiger partial charge in [0.25, 0.3) is 5.91 Å². The molecule has 11 heteroatoms. The monoisotopic (exact) mass is 577 g/mol. The number of carbonyl (C=O) groups is 3. The molecule has 3 heterocycles. The van der Waals surface area contributed by atoms with Gasteiger partial charge in [-0.25, -0.2) is 14.8 Å². The molecule has 4 amide bonds. The van der Waals surface area contributed by atoms with Crippen molar-refractivity contribution in [2.24, 2.45) is 0 Å². The van der Waals surface area contributed by atoms with Gasteiger partial charge in [-0.15, -0.1) is 0 Å². The highest BCUT2D eigenvalue weighted by atomic mass is 19.4. The van der Waals surface area contributed by atoms with E-state index in [1.54, 1.807) is 18.2 Å². The first kappa shape index (κ1) is 27.9. The fourth-order valence-electron chi connectivity index (χ4n) is 6.13. The smallest absolute Gasteiger partial charge is 0.289 e. The Hall–Kier alpha value is -4.22. The Balaban J connectivity index is 1.21. The van der Waals surface area contributed by atoms with Gasteiger partial charge in [0, 0.05) is 38.2 Å². The molecule has 8 nitrogen and oxygen atoms in total. The predicted octanol–water partition coefficient (Wildman–Crippen LogP) is 4.34. The Morgan fingerprint density at radius 1 is 0.833 bits per heavy atom. The van der Waals surface area contributed by atoms with Crippen LogP contribution in [0.3, 0.4) is 0 Å². The Kier molecular flexibility index (Phi) is 7.46. The summed E-state index contributed by atoms with van der Waals surface area (Å²) >= 11 is 0. The van der Waals surface area contributed by atoms with Crippen LogP contribution in [0.2, 0.25) is 0 Å². The molecule has 0 saturated carbocycles. The SMILES string of the molecule is O=C1CCN(N2Cc3cc(CN4CCN(C(c5ccccc5)c5ccccc5)CC4C(F)(F)F)ccc3C2=O)C(=O)N1. The second kappa shape index (κ2) is 11.2. The zero-order valence-corrected chi connectivity index (χ0v) is 22.8. The van der Waals surface area contributed by atoms with Crippen LogP contribution >= 0.6 is 0 Å². The third-order valence-corrected chi connectivity index (χ3v) is 8.16. The zero-order valence-electron chi connectivity index (χ0n) is 22.8. The fraction of sp³-hybridized carbons (Fsp3) is 0.323. The van der Waals surface area contributed by atoms with Crippen molar-refractivity contribution in [2.45, 2.75) is 37.8 Å². The number of alkyl halides is 3. The maximum Gasteiger partial charge on any atom is 0.405 e. The zero-order chi connectivity index (χ0) is 29.4. The van der Waals surface area contributed by atoms with Crippen LogP contribution in [0.25, 0.3) is 0 Å². The highest BCUT2D eigenvalue weighted by Crippen LogP contribution is 2.36. The van der Waals surface area contributed by atoms with Crippen LogP contribution in [0.5, 0.6) is 0 Å². The summed E-state index contributed by atoms with van der Waals surface area (Å²) in [6.45, 7) is 0.737. The number of amides is 4. The van der Waals surface area contributed by atoms with Gasteiger partial charge in [-0.2, -0.15) is 13.2 Å². The van der Waals surface area contributed by atoms with E-state index in [-0.39, 0.29) is 51.1 Å². The second-order valence-electron chi connectivity index (χ2n) is 10.8. The molecule has 0 aliphatic carbocycles. The maximum atomic E-state index is 14.5. The van der Waals surface area contributed by atoms with Crippen molar-refractivity contribution >= 4 is 17.8 Å². The van der Waals surface area contributed by atoms with Crippen molar-refractivity contribution in [3.05, 3.63) is 107 Å². The number of fused-ring (bicyclic) bond motifs is 1. The average molecular weight is 578 g/mol. The summed E-state index contributed by atoms with van der Waals surface area (Å²) < 4.78 is 43.6. The first-order valence-corrected chi connectivity index (χ1v) is 13.9. The number of rotatable bonds is 6. The predicted molar refractivity (Wildman–Crippen MR) is 148 cm³/mol. The van der Waals surface area contributed by atoms with Gasteiger partial charge in [0.15, 0.2) is 0 Å². The molecule has 2 fully saturated rings. The summed E-state index contributed by atoms with van der Waals surface area (Å²) in [6, 6.07) is 21.6. The first-order chi connectivity index (χ1) is 20.2. The third-order valence-electron chi connectivity index (χ3n) is 8.16. The van der Waals surface area contributed by atoms with E-state index in [9.17, 15) is 27.6 Å². The number of halogens is 3. The molecule has 3 aliphatic heterocycles. The van der Waals surface area contributed by atoms with Crippen molar-refractivity contribution in [1.29, 1.82) is 0 Å². The van der Waals surface area contributed by atoms with Gasteiger partial charge in [0.1, 0.15) is 6.04 Å². The summed E-state index contributed by atoms with van der Waals surface area (Å²) in [5.41, 5.74) is 3.58. The second-order valence-corrected chi connectivity index (χ2v) is 10.8. The van der Waals surface area contributed by atoms with E-state index in [0.29, 0.717) is 23.2 Å². The van der Waals surface area contributed by atoms with Crippen LogP contribution in [0, 0.1) is 0 Å². The van der Waals surface area contributed by atoms with Crippen LogP contribution < -0.4 is 5.32 Å². The summed E-state index contributed by atoms with van der Waals surface area (Å²) in [4.78, 5) is 40.2. The Labute approximate surface area is 241 Å². The molecule has 2 saturated heterocycles. The van der Waals surface area contributed by atoms with E-state index in [2.05, 4.69) is 5.32 Å². The lowest BCUT2D eigenvalue weighted by molar-refractivity contribution is -0.200. The molecule has 0 aromatic heterocycles. The number of hydrogen-bond donors (Lipinski definition) is 1. The highest BCUT2D eigenvalue weighted by Gasteiger charge is 2.47. The van der Waals surface area contributed by atoms with Gasteiger partial charge in [0.05, 0.1) is 19.1 Å². The van der Waals surface area contributed by atoms with Crippen molar-refractivity contribution in [2.75, 3.05) is 26.2 Å². The van der Waals surface area contributed by atoms with Crippen LogP contribution in [-0.2, 0) is 17.9 Å². The molecule has 0 spiro atoms. The number of imide groups is 1. The van der Waals surface area contributed by atoms with Crippen molar-refractivity contribution in [3.63, 3.8) is 0 Å². The minimum absolute atomic E-state index is 0.0690. The van der Waals surface area contributed by atoms with E-state index in [1.807, 2.05) is 65.6 Å². The van der Waals surface area contributed by atoms with E-state index >= 15 is 0 Å². The van der Waals surface area contributed by atoms with Gasteiger partial charge >= 0.3 is 12.2 Å². The van der Waals surface area contributed by atoms with Gasteiger partial charge < -0.3 is 0 Å². The number of carbonyl (C=O) groups excluding carboxylic acids is 3. The Morgan fingerprint density at radius 2 is 1.50 bits per heavy atom. The number of benzene rings is 3. The lowest BCUT2D eigenvalue weighted by atomic mass is 9.95. The molecule has 6 rings (SSSR count). The summed E-state index contributed by atoms with van der Waals surface area (Å²) in [5, 5.41) is 4.69. The number of piperazine rings is 1. The number of urea groups is 1. The molecule has 218 valence electrons. The topological polar surface area (TPSA) is 76.2 Å². The highest BCUT2D eigenvalue weighted by molar-refractivity contribution is 6.01. The third kappa shape index (κ3) is 5.49. The molecule has 0 radical (unpaired) electrons. The number of hydrazine groups is 1. The van der Waals surface area contributed by atoms with Crippen molar-refractivity contribution in [3.8, 4) is 0 Å². The van der Waals surface area contributed by atoms with E-state index in [1.165, 1.54) is 14.9 Å². The minimum atomic E-state index is -4.45. The fourth-order valence-corrected chi connectivity index (χ4v) is 6.13. The molecular weight excluding hydrogens is 547 g/mol. The number of nitrogens with zero attached hydrogens (tertiary/aromatic N) is 4. The average Bonchev–Trinajstić information content (AvgIpc) is 3.29. The molecular formula is C31H30F3N5O3. The van der Waals surface area contributed by atoms with Crippen LogP contribution in [0.1, 0.15) is 45.1 Å². The lowest BCUT2D eigenvalue weighted by Crippen LogP contribution is -2.59. The first-order valence-electron chi connectivity index (χ1n) is 13.9. The van der Waals surface area contributed by atoms with Gasteiger partial charge in [0.2, 0.25) is 5.91 Å². The van der Waals surface area contributed by atoms with Crippen LogP contribution in [0.4, 0.5) is 18.0 Å². The summed E-state index contributed by atoms with van der Waals surface area (Å²) in [5.74, 6) is -0.781. The van der Waals surface area contributed by atoms with E-state index in [0.717, 1.165) is 11.1 Å². The Morgan fingerprint density at radius 3 is 2.12 bits per heavy atom. The van der Waals surface area contributed by atoms with Gasteiger partial charge in [-0.3, -0.25) is 24.7 Å². The van der Waals surface area contributed by atoms with Crippen molar-refractivity contribution < 1.29 is 27.6 Å². The van der Waals surface area contributed by atoms with E-state index in [4.69, 9.17) is 0 Å². The lowest BCUT2D eigenvalue weighted by Gasteiger charge is -2.45. The van der Waals surface area contributed by atoms with Crippen molar-refractivity contribution in [1.82, 2.24) is 25.1 Å². The summed E-state index contributed by atoms with van der Waals surface area (Å²) in [7, 11) is 0. The molecule has 0 bridgehead atoms. The standard InChI is InChI=1S/C31H30F3N5O3/c32-31(33,34)26-20-37(28(22-7-3-1-4-8-22)23-9-5-2-6-10-23)16-15-36(26)18-21-11-12-25-24(17-21)19-39(29(25)41)38-14-13-27(40)35-30(38)42/h1-12,17,26,28H,13-16,18-20H2,(H,35,40,42). The molecule has 42 heavy (non-hydrogen) atoms. The summed E-state index contributed by atoms with van der Waals surface area (Å²) in [6.07, 6.45) is -4.36. The molecule has 1 atom stereocenters. The number of nitrogens with one attached hydrogen (secondary N) is 1. The normalized spacial score (nSPS) is 20.3. The number of hydrogen-bond acceptors (Lipinski definition) is 5. The Bertz CT molecular complexity index is 1440. The quantitative estimate of drug-likeness (QED) is 0.472. The maximum absolute atomic E-state index is 14.5. The van der Waals surface area contributed by atoms with Crippen LogP contribution in [0.15, 0.2) is 78.9 Å². The molecule has 1 unspecified atom stereocenters. The molecule has 1 N–H and O–H groups in total. The minimum Gasteiger partial charge on any atom is -0.289 e. The molecule has 3 aromatic rings. The van der Waals surface area contributed by atoms with Gasteiger partial charge in [-0.05, 0) is 28.3 Å². The largest absolute Gasteiger partial charge is 0.405 e.